The highest BCUT2D eigenvalue weighted by molar-refractivity contribution is 7.86. The predicted molar refractivity (Wildman–Crippen MR) is 96.3 cm³/mol. The van der Waals surface area contributed by atoms with Crippen molar-refractivity contribution in [3.63, 3.8) is 0 Å². The predicted octanol–water partition coefficient (Wildman–Crippen LogP) is 0.461. The summed E-state index contributed by atoms with van der Waals surface area (Å²) in [6.07, 6.45) is 1.08. The number of rotatable bonds is 5. The molecule has 0 aromatic heterocycles. The number of carbonyl (C=O) groups excluding carboxylic acids is 1. The second-order valence-corrected chi connectivity index (χ2v) is 8.87. The minimum absolute atomic E-state index is 0.147. The third kappa shape index (κ3) is 4.11. The van der Waals surface area contributed by atoms with Gasteiger partial charge in [-0.25, -0.2) is 0 Å². The molecule has 0 aliphatic carbocycles. The molecule has 26 heavy (non-hydrogen) atoms. The van der Waals surface area contributed by atoms with Crippen LogP contribution in [-0.4, -0.2) is 69.4 Å². The van der Waals surface area contributed by atoms with Gasteiger partial charge in [0.1, 0.15) is 12.7 Å². The van der Waals surface area contributed by atoms with Crippen LogP contribution in [0.2, 0.25) is 0 Å². The molecule has 0 bridgehead atoms. The van der Waals surface area contributed by atoms with E-state index in [0.29, 0.717) is 44.0 Å². The highest BCUT2D eigenvalue weighted by Gasteiger charge is 2.33. The number of carbonyl (C=O) groups is 1. The van der Waals surface area contributed by atoms with E-state index in [1.54, 1.807) is 0 Å². The molecule has 1 saturated heterocycles. The van der Waals surface area contributed by atoms with Crippen LogP contribution < -0.4 is 14.8 Å². The Morgan fingerprint density at radius 3 is 2.77 bits per heavy atom. The number of para-hydroxylation sites is 2. The van der Waals surface area contributed by atoms with Crippen LogP contribution in [0.15, 0.2) is 24.3 Å². The summed E-state index contributed by atoms with van der Waals surface area (Å²) in [7, 11) is -0.499. The van der Waals surface area contributed by atoms with E-state index < -0.39 is 10.2 Å². The topological polar surface area (TPSA) is 88.2 Å². The molecular formula is C17H25N3O5S. The van der Waals surface area contributed by atoms with Crippen LogP contribution in [0.5, 0.6) is 11.5 Å². The van der Waals surface area contributed by atoms with Crippen molar-refractivity contribution in [1.29, 1.82) is 0 Å². The van der Waals surface area contributed by atoms with Gasteiger partial charge in [0, 0.05) is 27.2 Å². The van der Waals surface area contributed by atoms with Gasteiger partial charge in [0.05, 0.1) is 12.5 Å². The van der Waals surface area contributed by atoms with Crippen LogP contribution in [0.25, 0.3) is 0 Å². The molecule has 1 amide bonds. The molecule has 0 saturated carbocycles. The Bertz CT molecular complexity index is 753. The van der Waals surface area contributed by atoms with Crippen LogP contribution in [0.3, 0.4) is 0 Å². The van der Waals surface area contributed by atoms with E-state index in [9.17, 15) is 13.2 Å². The van der Waals surface area contributed by atoms with Crippen molar-refractivity contribution < 1.29 is 22.7 Å². The normalized spacial score (nSPS) is 23.7. The van der Waals surface area contributed by atoms with Crippen LogP contribution in [0, 0.1) is 5.92 Å². The van der Waals surface area contributed by atoms with Crippen molar-refractivity contribution >= 4 is 16.1 Å². The van der Waals surface area contributed by atoms with Crippen LogP contribution in [0.4, 0.5) is 0 Å². The number of hydrogen-bond acceptors (Lipinski definition) is 5. The van der Waals surface area contributed by atoms with Gasteiger partial charge < -0.3 is 14.8 Å². The van der Waals surface area contributed by atoms with Crippen molar-refractivity contribution in [1.82, 2.24) is 13.9 Å². The van der Waals surface area contributed by atoms with Gasteiger partial charge in [0.15, 0.2) is 11.5 Å². The minimum Gasteiger partial charge on any atom is -0.486 e. The molecule has 3 rings (SSSR count). The average Bonchev–Trinajstić information content (AvgIpc) is 2.66. The lowest BCUT2D eigenvalue weighted by atomic mass is 9.99. The summed E-state index contributed by atoms with van der Waals surface area (Å²) in [5.41, 5.74) is 0. The van der Waals surface area contributed by atoms with Gasteiger partial charge in [-0.3, -0.25) is 4.79 Å². The first-order chi connectivity index (χ1) is 12.4. The first-order valence-electron chi connectivity index (χ1n) is 8.71. The molecule has 2 atom stereocenters. The van der Waals surface area contributed by atoms with E-state index in [1.807, 2.05) is 24.3 Å². The van der Waals surface area contributed by atoms with Crippen LogP contribution in [0.1, 0.15) is 12.8 Å². The van der Waals surface area contributed by atoms with Crippen molar-refractivity contribution in [2.45, 2.75) is 18.9 Å². The molecule has 2 aliphatic rings. The Hall–Kier alpha value is -1.84. The third-order valence-corrected chi connectivity index (χ3v) is 6.52. The van der Waals surface area contributed by atoms with E-state index in [1.165, 1.54) is 22.7 Å². The fourth-order valence-corrected chi connectivity index (χ4v) is 4.31. The Labute approximate surface area is 154 Å². The summed E-state index contributed by atoms with van der Waals surface area (Å²) in [5.74, 6) is 0.868. The maximum absolute atomic E-state index is 12.5. The van der Waals surface area contributed by atoms with Gasteiger partial charge in [0.25, 0.3) is 10.2 Å². The first-order valence-corrected chi connectivity index (χ1v) is 10.1. The van der Waals surface area contributed by atoms with Crippen molar-refractivity contribution in [2.24, 2.45) is 5.92 Å². The Balaban J connectivity index is 1.52. The summed E-state index contributed by atoms with van der Waals surface area (Å²) in [6.45, 7) is 1.34. The lowest BCUT2D eigenvalue weighted by molar-refractivity contribution is -0.126. The molecule has 2 heterocycles. The molecule has 0 radical (unpaired) electrons. The molecule has 1 N–H and O–H groups in total. The largest absolute Gasteiger partial charge is 0.486 e. The number of hydrogen-bond donors (Lipinski definition) is 1. The molecule has 1 aromatic carbocycles. The fourth-order valence-electron chi connectivity index (χ4n) is 3.12. The highest BCUT2D eigenvalue weighted by Crippen LogP contribution is 2.30. The number of ether oxygens (including phenoxy) is 2. The molecule has 2 aliphatic heterocycles. The number of nitrogens with one attached hydrogen (secondary N) is 1. The standard InChI is InChI=1S/C17H25N3O5S/c1-19(2)26(22,23)20-9-5-6-13(11-20)17(21)18-10-14-12-24-15-7-3-4-8-16(15)25-14/h3-4,7-8,13-14H,5-6,9-12H2,1-2H3,(H,18,21)/t13-,14+/m0/s1. The second kappa shape index (κ2) is 7.81. The van der Waals surface area contributed by atoms with Gasteiger partial charge in [-0.05, 0) is 25.0 Å². The molecule has 9 heteroatoms. The SMILES string of the molecule is CN(C)S(=O)(=O)N1CCC[C@H](C(=O)NC[C@@H]2COc3ccccc3O2)C1. The number of fused-ring (bicyclic) bond motifs is 1. The summed E-state index contributed by atoms with van der Waals surface area (Å²) >= 11 is 0. The van der Waals surface area contributed by atoms with Crippen LogP contribution >= 0.6 is 0 Å². The van der Waals surface area contributed by atoms with Crippen molar-refractivity contribution in [2.75, 3.05) is 40.3 Å². The summed E-state index contributed by atoms with van der Waals surface area (Å²) in [5, 5.41) is 2.88. The van der Waals surface area contributed by atoms with Gasteiger partial charge >= 0.3 is 0 Å². The molecule has 144 valence electrons. The second-order valence-electron chi connectivity index (χ2n) is 6.73. The average molecular weight is 383 g/mol. The van der Waals surface area contributed by atoms with E-state index >= 15 is 0 Å². The molecule has 0 unspecified atom stereocenters. The first kappa shape index (κ1) is 18.9. The maximum Gasteiger partial charge on any atom is 0.281 e. The Morgan fingerprint density at radius 2 is 2.04 bits per heavy atom. The summed E-state index contributed by atoms with van der Waals surface area (Å²) in [6, 6.07) is 7.41. The summed E-state index contributed by atoms with van der Waals surface area (Å²) in [4.78, 5) is 12.5. The number of nitrogens with zero attached hydrogens (tertiary/aromatic N) is 2. The lowest BCUT2D eigenvalue weighted by Crippen LogP contribution is -2.50. The zero-order valence-electron chi connectivity index (χ0n) is 15.1. The zero-order chi connectivity index (χ0) is 18.7. The van der Waals surface area contributed by atoms with Gasteiger partial charge in [0.2, 0.25) is 5.91 Å². The Morgan fingerprint density at radius 1 is 1.31 bits per heavy atom. The third-order valence-electron chi connectivity index (χ3n) is 4.61. The van der Waals surface area contributed by atoms with Gasteiger partial charge in [-0.15, -0.1) is 0 Å². The zero-order valence-corrected chi connectivity index (χ0v) is 15.9. The smallest absolute Gasteiger partial charge is 0.281 e. The van der Waals surface area contributed by atoms with E-state index in [2.05, 4.69) is 5.32 Å². The van der Waals surface area contributed by atoms with Gasteiger partial charge in [-0.1, -0.05) is 12.1 Å². The number of amides is 1. The van der Waals surface area contributed by atoms with Gasteiger partial charge in [-0.2, -0.15) is 17.0 Å². The molecular weight excluding hydrogens is 358 g/mol. The maximum atomic E-state index is 12.5. The monoisotopic (exact) mass is 383 g/mol. The van der Waals surface area contributed by atoms with E-state index in [0.717, 1.165) is 0 Å². The quantitative estimate of drug-likeness (QED) is 0.798. The molecule has 8 nitrogen and oxygen atoms in total. The Kier molecular flexibility index (Phi) is 5.69. The lowest BCUT2D eigenvalue weighted by Gasteiger charge is -2.33. The van der Waals surface area contributed by atoms with Crippen molar-refractivity contribution in [3.05, 3.63) is 24.3 Å². The summed E-state index contributed by atoms with van der Waals surface area (Å²) < 4.78 is 38.5. The fraction of sp³-hybridized carbons (Fsp3) is 0.588. The van der Waals surface area contributed by atoms with Crippen LogP contribution in [-0.2, 0) is 15.0 Å². The number of benzene rings is 1. The minimum atomic E-state index is -3.49. The molecule has 0 spiro atoms. The molecule has 1 fully saturated rings. The van der Waals surface area contributed by atoms with E-state index in [-0.39, 0.29) is 24.5 Å². The van der Waals surface area contributed by atoms with Crippen molar-refractivity contribution in [3.8, 4) is 11.5 Å². The number of piperidine rings is 1. The highest BCUT2D eigenvalue weighted by atomic mass is 32.2. The molecule has 1 aromatic rings. The van der Waals surface area contributed by atoms with E-state index in [4.69, 9.17) is 9.47 Å².